The third-order valence-electron chi connectivity index (χ3n) is 9.46. The summed E-state index contributed by atoms with van der Waals surface area (Å²) < 4.78 is 62.6. The lowest BCUT2D eigenvalue weighted by Crippen LogP contribution is -2.49. The molecule has 1 saturated heterocycles. The predicted molar refractivity (Wildman–Crippen MR) is 224 cm³/mol. The molecule has 0 radical (unpaired) electrons. The molecule has 8 atom stereocenters. The molecule has 1 aliphatic heterocycles. The van der Waals surface area contributed by atoms with Gasteiger partial charge in [0.15, 0.2) is 34.7 Å². The van der Waals surface area contributed by atoms with Crippen molar-refractivity contribution in [3.63, 3.8) is 0 Å². The molecule has 64 heavy (non-hydrogen) atoms. The van der Waals surface area contributed by atoms with Crippen LogP contribution in [-0.4, -0.2) is 121 Å². The molecule has 2 aromatic heterocycles. The number of imidazole rings is 1. The molecular weight excluding hydrogens is 929 g/mol. The number of anilines is 1. The maximum absolute atomic E-state index is 12.9. The zero-order chi connectivity index (χ0) is 47.2. The number of hydrogen-bond donors (Lipinski definition) is 8. The lowest BCUT2D eigenvalue weighted by Gasteiger charge is -2.31. The van der Waals surface area contributed by atoms with Gasteiger partial charge in [-0.3, -0.25) is 37.3 Å². The molecule has 0 bridgehead atoms. The quantitative estimate of drug-likeness (QED) is 0.0413. The molecule has 4 unspecified atom stereocenters. The zero-order valence-corrected chi connectivity index (χ0v) is 37.5. The van der Waals surface area contributed by atoms with Gasteiger partial charge in [0.2, 0.25) is 0 Å². The van der Waals surface area contributed by atoms with Crippen molar-refractivity contribution in [2.45, 2.75) is 75.8 Å². The second-order valence-corrected chi connectivity index (χ2v) is 19.9. The largest absolute Gasteiger partial charge is 0.481 e. The Hall–Kier alpha value is -4.13. The number of amides is 1. The Morgan fingerprint density at radius 1 is 0.969 bits per heavy atom. The molecular formula is C36H45N6O18P3S. The lowest BCUT2D eigenvalue weighted by atomic mass is 9.96. The number of ketones is 2. The molecule has 0 aliphatic carbocycles. The van der Waals surface area contributed by atoms with Crippen molar-refractivity contribution in [1.29, 1.82) is 0 Å². The van der Waals surface area contributed by atoms with Crippen LogP contribution < -0.4 is 11.1 Å². The topological polar surface area (TPSA) is 369 Å². The summed E-state index contributed by atoms with van der Waals surface area (Å²) in [7, 11) is -16.7. The van der Waals surface area contributed by atoms with Crippen molar-refractivity contribution < 1.29 is 85.3 Å². The number of phosphoric acid groups is 3. The van der Waals surface area contributed by atoms with Gasteiger partial charge in [-0.25, -0.2) is 28.6 Å². The number of nitrogen functional groups attached to an aromatic ring is 1. The van der Waals surface area contributed by atoms with E-state index in [0.29, 0.717) is 16.7 Å². The Morgan fingerprint density at radius 3 is 2.34 bits per heavy atom. The number of aliphatic hydroxyl groups is 2. The number of hydrogen-bond acceptors (Lipinski definition) is 19. The molecule has 24 nitrogen and oxygen atoms in total. The first-order valence-corrected chi connectivity index (χ1v) is 24.5. The van der Waals surface area contributed by atoms with Crippen LogP contribution in [0.2, 0.25) is 0 Å². The number of nitrogens with one attached hydrogen (secondary N) is 1. The number of benzene rings is 2. The van der Waals surface area contributed by atoms with Gasteiger partial charge in [-0.2, -0.15) is 4.31 Å². The molecule has 0 saturated carbocycles. The number of fused-ring (bicyclic) bond motifs is 1. The Labute approximate surface area is 368 Å². The Morgan fingerprint density at radius 2 is 1.66 bits per heavy atom. The van der Waals surface area contributed by atoms with Gasteiger partial charge >= 0.3 is 23.5 Å². The minimum atomic E-state index is -5.71. The number of carbonyl (C=O) groups excluding carboxylic acids is 4. The van der Waals surface area contributed by atoms with Gasteiger partial charge < -0.3 is 45.6 Å². The summed E-state index contributed by atoms with van der Waals surface area (Å²) in [5.41, 5.74) is 5.12. The van der Waals surface area contributed by atoms with Gasteiger partial charge in [-0.15, -0.1) is 0 Å². The fourth-order valence-electron chi connectivity index (χ4n) is 6.21. The van der Waals surface area contributed by atoms with E-state index in [1.54, 1.807) is 61.5 Å². The van der Waals surface area contributed by atoms with E-state index in [-0.39, 0.29) is 58.8 Å². The van der Waals surface area contributed by atoms with Crippen LogP contribution in [0.25, 0.3) is 11.2 Å². The van der Waals surface area contributed by atoms with E-state index in [9.17, 15) is 62.7 Å². The normalized spacial score (nSPS) is 20.8. The van der Waals surface area contributed by atoms with Crippen molar-refractivity contribution in [1.82, 2.24) is 24.8 Å². The standard InChI is InChI=1S/C36H45N6O18P3S/c1-20(22-10-7-11-23(16-22)27(44)21-8-5-4-6-9-21)35(48)64-15-13-24(43)12-14-38-33(47)30(46)36(2,3)59-63(54,55)60-62(52,53)56-17-25-29(58-61(49,50)51)28(45)34(57-25)42-19-41-26-31(37)39-18-40-32(26)42/h4-11,16,18-20,25,28-30,34,45-46H,12-15,17H2,1-3H3,(H,38,47)(H,52,53)(H,54,55)(H2,37,39,40)(H2,49,50,51)/t20?,25-,28-,29-,30?,34-/m1/s1. The maximum atomic E-state index is 12.9. The number of rotatable bonds is 22. The SMILES string of the molecule is CC(C(=O)SCCC(=O)CCNC(=O)C(O)C(C)(C)OP(=O)(O)OP(=O)(O)OC[C@H]1O[C@@H](n2cnc3c(N)ncnc32)[C@H](O)[C@@H]1OP(=O)(O)O)c1cccc(C(=O)c2ccccc2)c1. The molecule has 3 heterocycles. The highest BCUT2D eigenvalue weighted by molar-refractivity contribution is 8.13. The van der Waals surface area contributed by atoms with Gasteiger partial charge in [-0.1, -0.05) is 67.2 Å². The highest BCUT2D eigenvalue weighted by Crippen LogP contribution is 2.62. The van der Waals surface area contributed by atoms with Crippen molar-refractivity contribution >= 4 is 74.8 Å². The molecule has 1 aliphatic rings. The smallest absolute Gasteiger partial charge is 0.386 e. The highest BCUT2D eigenvalue weighted by Gasteiger charge is 2.51. The summed E-state index contributed by atoms with van der Waals surface area (Å²) in [5, 5.41) is 23.6. The van der Waals surface area contributed by atoms with E-state index < -0.39 is 78.1 Å². The average molecular weight is 975 g/mol. The van der Waals surface area contributed by atoms with E-state index in [4.69, 9.17) is 19.5 Å². The van der Waals surface area contributed by atoms with Crippen molar-refractivity contribution in [3.8, 4) is 0 Å². The van der Waals surface area contributed by atoms with Gasteiger partial charge in [0, 0.05) is 36.3 Å². The second kappa shape index (κ2) is 21.0. The summed E-state index contributed by atoms with van der Waals surface area (Å²) >= 11 is 0.929. The fraction of sp³-hybridized carbons (Fsp3) is 0.417. The van der Waals surface area contributed by atoms with Crippen LogP contribution in [0.5, 0.6) is 0 Å². The van der Waals surface area contributed by atoms with E-state index >= 15 is 0 Å². The molecule has 1 fully saturated rings. The molecule has 1 amide bonds. The summed E-state index contributed by atoms with van der Waals surface area (Å²) in [6.45, 7) is 2.15. The highest BCUT2D eigenvalue weighted by atomic mass is 32.2. The van der Waals surface area contributed by atoms with Gasteiger partial charge in [-0.05, 0) is 25.5 Å². The number of nitrogens with two attached hydrogens (primary N) is 1. The van der Waals surface area contributed by atoms with E-state index in [1.807, 2.05) is 0 Å². The number of thioether (sulfide) groups is 1. The third-order valence-corrected chi connectivity index (χ3v) is 13.9. The van der Waals surface area contributed by atoms with Crippen LogP contribution >= 0.6 is 35.2 Å². The number of phosphoric ester groups is 3. The average Bonchev–Trinajstić information content (AvgIpc) is 3.78. The maximum Gasteiger partial charge on any atom is 0.481 e. The van der Waals surface area contributed by atoms with E-state index in [1.165, 1.54) is 0 Å². The van der Waals surface area contributed by atoms with Crippen molar-refractivity contribution in [2.75, 3.05) is 24.6 Å². The Kier molecular flexibility index (Phi) is 16.7. The van der Waals surface area contributed by atoms with Crippen LogP contribution in [0, 0.1) is 0 Å². The Balaban J connectivity index is 1.06. The number of carbonyl (C=O) groups is 4. The third kappa shape index (κ3) is 13.5. The molecule has 2 aromatic carbocycles. The number of Topliss-reactive ketones (excluding diaryl/α,β-unsaturated/α-hetero) is 1. The van der Waals surface area contributed by atoms with Crippen molar-refractivity contribution in [2.24, 2.45) is 0 Å². The van der Waals surface area contributed by atoms with Crippen molar-refractivity contribution in [3.05, 3.63) is 83.9 Å². The summed E-state index contributed by atoms with van der Waals surface area (Å²) in [6.07, 6.45) is -7.51. The van der Waals surface area contributed by atoms with Crippen LogP contribution in [0.1, 0.15) is 67.2 Å². The molecule has 28 heteroatoms. The number of nitrogens with zero attached hydrogens (tertiary/aromatic N) is 4. The summed E-state index contributed by atoms with van der Waals surface area (Å²) in [4.78, 5) is 102. The fourth-order valence-corrected chi connectivity index (χ4v) is 10.1. The predicted octanol–water partition coefficient (Wildman–Crippen LogP) is 2.29. The molecule has 0 spiro atoms. The van der Waals surface area contributed by atoms with Crippen LogP contribution in [-0.2, 0) is 50.7 Å². The molecule has 348 valence electrons. The lowest BCUT2D eigenvalue weighted by molar-refractivity contribution is -0.140. The zero-order valence-electron chi connectivity index (χ0n) is 34.0. The van der Waals surface area contributed by atoms with Gasteiger partial charge in [0.25, 0.3) is 5.91 Å². The summed E-state index contributed by atoms with van der Waals surface area (Å²) in [6, 6.07) is 15.4. The number of aromatic nitrogens is 4. The minimum Gasteiger partial charge on any atom is -0.386 e. The van der Waals surface area contributed by atoms with Crippen LogP contribution in [0.3, 0.4) is 0 Å². The van der Waals surface area contributed by atoms with E-state index in [0.717, 1.165) is 42.8 Å². The number of aliphatic hydroxyl groups excluding tert-OH is 2. The first kappa shape index (κ1) is 50.9. The van der Waals surface area contributed by atoms with Crippen LogP contribution in [0.15, 0.2) is 67.3 Å². The second-order valence-electron chi connectivity index (χ2n) is 14.7. The molecule has 5 rings (SSSR count). The Bertz CT molecular complexity index is 2490. The van der Waals surface area contributed by atoms with Gasteiger partial charge in [0.05, 0.1) is 18.9 Å². The number of ether oxygens (including phenoxy) is 1. The summed E-state index contributed by atoms with van der Waals surface area (Å²) in [5.74, 6) is -2.22. The van der Waals surface area contributed by atoms with Gasteiger partial charge in [0.1, 0.15) is 41.5 Å². The monoisotopic (exact) mass is 974 g/mol. The minimum absolute atomic E-state index is 0.0130. The van der Waals surface area contributed by atoms with E-state index in [2.05, 4.69) is 29.1 Å². The molecule has 4 aromatic rings. The molecule has 9 N–H and O–H groups in total. The first-order valence-electron chi connectivity index (χ1n) is 18.9. The first-order chi connectivity index (χ1) is 29.9. The van der Waals surface area contributed by atoms with Crippen LogP contribution in [0.4, 0.5) is 5.82 Å².